The van der Waals surface area contributed by atoms with Crippen LogP contribution in [-0.4, -0.2) is 95.0 Å². The van der Waals surface area contributed by atoms with Crippen LogP contribution in [0.15, 0.2) is 0 Å². The largest absolute Gasteiger partial charge is 0.822 e. The van der Waals surface area contributed by atoms with Crippen LogP contribution in [0.25, 0.3) is 0 Å². The maximum Gasteiger partial charge on any atom is 0.0782 e. The predicted molar refractivity (Wildman–Crippen MR) is 287 cm³/mol. The van der Waals surface area contributed by atoms with Crippen molar-refractivity contribution in [3.05, 3.63) is 0 Å². The van der Waals surface area contributed by atoms with Crippen LogP contribution in [0.1, 0.15) is 292 Å². The van der Waals surface area contributed by atoms with Crippen LogP contribution >= 0.6 is 7.82 Å². The second-order valence-corrected chi connectivity index (χ2v) is 23.2. The third kappa shape index (κ3) is 75.7. The first-order valence-corrected chi connectivity index (χ1v) is 30.5. The minimum atomic E-state index is -5.39. The van der Waals surface area contributed by atoms with Crippen LogP contribution in [0.3, 0.4) is 0 Å². The summed E-state index contributed by atoms with van der Waals surface area (Å²) in [6.45, 7) is 22.0. The second-order valence-electron chi connectivity index (χ2n) is 22.3. The summed E-state index contributed by atoms with van der Waals surface area (Å²) in [6, 6.07) is 0. The van der Waals surface area contributed by atoms with E-state index in [1.165, 1.54) is 303 Å². The Bertz CT molecular complexity index is 818. The van der Waals surface area contributed by atoms with Gasteiger partial charge in [-0.2, -0.15) is 7.82 Å². The molecule has 65 heavy (non-hydrogen) atoms. The Hall–Kier alpha value is -0.0100. The number of hydrogen-bond donors (Lipinski definition) is 0. The minimum Gasteiger partial charge on any atom is -0.822 e. The monoisotopic (exact) mass is 948 g/mol. The number of quaternary nitrogens is 3. The van der Waals surface area contributed by atoms with Gasteiger partial charge in [0.25, 0.3) is 0 Å². The predicted octanol–water partition coefficient (Wildman–Crippen LogP) is 15.7. The zero-order chi connectivity index (χ0) is 49.8. The number of rotatable bonds is 45. The molecule has 0 aliphatic rings. The lowest BCUT2D eigenvalue weighted by Gasteiger charge is -2.36. The quantitative estimate of drug-likeness (QED) is 0.0346. The van der Waals surface area contributed by atoms with E-state index in [0.29, 0.717) is 0 Å². The van der Waals surface area contributed by atoms with Gasteiger partial charge in [-0.15, -0.1) is 0 Å². The summed E-state index contributed by atoms with van der Waals surface area (Å²) in [5, 5.41) is 0. The van der Waals surface area contributed by atoms with Gasteiger partial charge in [-0.05, 0) is 77.0 Å². The van der Waals surface area contributed by atoms with Crippen molar-refractivity contribution in [1.29, 1.82) is 0 Å². The van der Waals surface area contributed by atoms with E-state index in [2.05, 4.69) is 83.8 Å². The molecule has 0 amide bonds. The van der Waals surface area contributed by atoms with Crippen LogP contribution < -0.4 is 14.7 Å². The Morgan fingerprint density at radius 2 is 0.323 bits per heavy atom. The summed E-state index contributed by atoms with van der Waals surface area (Å²) < 4.78 is 12.3. The van der Waals surface area contributed by atoms with E-state index in [1.807, 2.05) is 0 Å². The molecule has 0 spiro atoms. The first-order valence-electron chi connectivity index (χ1n) is 29.1. The number of nitrogens with zero attached hydrogens (tertiary/aromatic N) is 3. The smallest absolute Gasteiger partial charge is 0.0782 e. The molecular formula is C57H126N3O4P. The fourth-order valence-corrected chi connectivity index (χ4v) is 8.79. The molecule has 8 heteroatoms. The number of hydrogen-bond acceptors (Lipinski definition) is 4. The van der Waals surface area contributed by atoms with Gasteiger partial charge in [0.05, 0.1) is 81.6 Å². The molecule has 0 saturated heterocycles. The van der Waals surface area contributed by atoms with Crippen molar-refractivity contribution in [3.8, 4) is 0 Å². The van der Waals surface area contributed by atoms with E-state index in [-0.39, 0.29) is 0 Å². The molecule has 7 nitrogen and oxygen atoms in total. The maximum atomic E-state index is 8.55. The summed E-state index contributed by atoms with van der Waals surface area (Å²) in [5.74, 6) is 0. The lowest BCUT2D eigenvalue weighted by Crippen LogP contribution is -2.41. The van der Waals surface area contributed by atoms with Gasteiger partial charge < -0.3 is 32.7 Å². The third-order valence-electron chi connectivity index (χ3n) is 13.5. The lowest BCUT2D eigenvalue weighted by atomic mass is 10.1. The van der Waals surface area contributed by atoms with Gasteiger partial charge in [-0.1, -0.05) is 215 Å². The summed E-state index contributed by atoms with van der Waals surface area (Å²) in [5.41, 5.74) is 0. The Labute approximate surface area is 412 Å². The van der Waals surface area contributed by atoms with Crippen LogP contribution in [0.2, 0.25) is 0 Å². The van der Waals surface area contributed by atoms with Crippen LogP contribution in [-0.2, 0) is 4.57 Å². The SMILES string of the molecule is CCCCCCCCCCC[N+](C)(C)CCCCCC.CCCCCCCCCCC[N+](C)(C)CCCCCC.CCCCCCCCCCC[N+](C)(C)CCCCCC.O=P([O-])([O-])[O-]. The maximum absolute atomic E-state index is 8.55. The Balaban J connectivity index is -0.000000407. The summed E-state index contributed by atoms with van der Waals surface area (Å²) in [6.07, 6.45) is 55.8. The summed E-state index contributed by atoms with van der Waals surface area (Å²) >= 11 is 0. The molecule has 0 heterocycles. The third-order valence-corrected chi connectivity index (χ3v) is 13.5. The van der Waals surface area contributed by atoms with E-state index < -0.39 is 7.82 Å². The van der Waals surface area contributed by atoms with E-state index in [9.17, 15) is 0 Å². The van der Waals surface area contributed by atoms with Gasteiger partial charge in [0.2, 0.25) is 0 Å². The van der Waals surface area contributed by atoms with Crippen molar-refractivity contribution in [2.75, 3.05) is 81.6 Å². The molecule has 0 rings (SSSR count). The molecule has 398 valence electrons. The van der Waals surface area contributed by atoms with Crippen molar-refractivity contribution in [2.24, 2.45) is 0 Å². The van der Waals surface area contributed by atoms with Crippen LogP contribution in [0.5, 0.6) is 0 Å². The summed E-state index contributed by atoms with van der Waals surface area (Å²) in [7, 11) is 9.09. The average molecular weight is 949 g/mol. The minimum absolute atomic E-state index is 1.24. The van der Waals surface area contributed by atoms with Gasteiger partial charge in [0, 0.05) is 0 Å². The van der Waals surface area contributed by atoms with Crippen molar-refractivity contribution in [3.63, 3.8) is 0 Å². The second kappa shape index (κ2) is 53.3. The fraction of sp³-hybridized carbons (Fsp3) is 1.00. The Morgan fingerprint density at radius 3 is 0.446 bits per heavy atom. The Kier molecular flexibility index (Phi) is 58.7. The van der Waals surface area contributed by atoms with Gasteiger partial charge >= 0.3 is 0 Å². The van der Waals surface area contributed by atoms with E-state index in [1.54, 1.807) is 0 Å². The topological polar surface area (TPSA) is 86.2 Å². The molecule has 0 N–H and O–H groups in total. The molecule has 0 bridgehead atoms. The fourth-order valence-electron chi connectivity index (χ4n) is 8.79. The molecule has 0 aliphatic carbocycles. The number of unbranched alkanes of at least 4 members (excludes halogenated alkanes) is 33. The highest BCUT2D eigenvalue weighted by molar-refractivity contribution is 7.40. The summed E-state index contributed by atoms with van der Waals surface area (Å²) in [4.78, 5) is 25.6. The van der Waals surface area contributed by atoms with Gasteiger partial charge in [-0.3, -0.25) is 0 Å². The average Bonchev–Trinajstić information content (AvgIpc) is 3.23. The molecule has 0 aliphatic heterocycles. The zero-order valence-electron chi connectivity index (χ0n) is 47.2. The standard InChI is InChI=1S/3C19H42N.H3O4P/c3*1-5-7-9-11-12-13-14-15-17-19-20(3,4)18-16-10-8-6-2;1-5(2,3)4/h3*5-19H2,1-4H3;(H3,1,2,3,4)/q3*+1;/p-3. The molecule has 0 aromatic rings. The Morgan fingerprint density at radius 1 is 0.231 bits per heavy atom. The molecular weight excluding hydrogens is 822 g/mol. The van der Waals surface area contributed by atoms with E-state index >= 15 is 0 Å². The highest BCUT2D eigenvalue weighted by Crippen LogP contribution is 2.15. The lowest BCUT2D eigenvalue weighted by molar-refractivity contribution is -0.890. The van der Waals surface area contributed by atoms with Crippen molar-refractivity contribution >= 4 is 7.82 Å². The molecule has 0 unspecified atom stereocenters. The molecule has 0 fully saturated rings. The molecule has 0 saturated carbocycles. The molecule has 0 radical (unpaired) electrons. The van der Waals surface area contributed by atoms with Crippen molar-refractivity contribution in [1.82, 2.24) is 0 Å². The highest BCUT2D eigenvalue weighted by Gasteiger charge is 2.15. The zero-order valence-corrected chi connectivity index (χ0v) is 48.1. The van der Waals surface area contributed by atoms with Crippen LogP contribution in [0.4, 0.5) is 0 Å². The first kappa shape index (κ1) is 71.5. The molecule has 0 aromatic heterocycles. The first-order chi connectivity index (χ1) is 30.9. The van der Waals surface area contributed by atoms with Crippen molar-refractivity contribution in [2.45, 2.75) is 292 Å². The molecule has 0 aromatic carbocycles. The van der Waals surface area contributed by atoms with Gasteiger partial charge in [0.1, 0.15) is 0 Å². The van der Waals surface area contributed by atoms with E-state index in [4.69, 9.17) is 19.2 Å². The van der Waals surface area contributed by atoms with Crippen LogP contribution in [0, 0.1) is 0 Å². The van der Waals surface area contributed by atoms with Gasteiger partial charge in [0.15, 0.2) is 0 Å². The van der Waals surface area contributed by atoms with E-state index in [0.717, 1.165) is 0 Å². The van der Waals surface area contributed by atoms with Gasteiger partial charge in [-0.25, -0.2) is 0 Å². The normalized spacial score (nSPS) is 12.0. The molecule has 0 atom stereocenters. The highest BCUT2D eigenvalue weighted by atomic mass is 31.2. The van der Waals surface area contributed by atoms with Crippen molar-refractivity contribution < 1.29 is 32.7 Å². The number of phosphoric acid groups is 1.